The van der Waals surface area contributed by atoms with E-state index in [1.54, 1.807) is 37.3 Å². The second kappa shape index (κ2) is 8.40. The Balaban J connectivity index is 1.59. The first-order valence-electron chi connectivity index (χ1n) is 9.06. The first-order chi connectivity index (χ1) is 12.6. The minimum Gasteiger partial charge on any atom is -0.496 e. The predicted octanol–water partition coefficient (Wildman–Crippen LogP) is 1.60. The van der Waals surface area contributed by atoms with Crippen molar-refractivity contribution in [1.82, 2.24) is 10.2 Å². The minimum atomic E-state index is -0.312. The highest BCUT2D eigenvalue weighted by Gasteiger charge is 2.30. The molecular formula is C19H26N2O5. The molecule has 0 saturated carbocycles. The Labute approximate surface area is 153 Å². The fourth-order valence-electron chi connectivity index (χ4n) is 3.53. The van der Waals surface area contributed by atoms with Crippen molar-refractivity contribution in [3.05, 3.63) is 23.8 Å². The van der Waals surface area contributed by atoms with Crippen LogP contribution in [0.25, 0.3) is 0 Å². The van der Waals surface area contributed by atoms with Crippen LogP contribution in [0.5, 0.6) is 11.5 Å². The third-order valence-corrected chi connectivity index (χ3v) is 4.99. The Morgan fingerprint density at radius 2 is 1.77 bits per heavy atom. The van der Waals surface area contributed by atoms with E-state index in [2.05, 4.69) is 5.32 Å². The van der Waals surface area contributed by atoms with Crippen molar-refractivity contribution in [3.63, 3.8) is 0 Å². The van der Waals surface area contributed by atoms with E-state index in [1.165, 1.54) is 0 Å². The van der Waals surface area contributed by atoms with E-state index in [4.69, 9.17) is 14.2 Å². The molecular weight excluding hydrogens is 336 g/mol. The van der Waals surface area contributed by atoms with Gasteiger partial charge in [-0.2, -0.15) is 0 Å². The third kappa shape index (κ3) is 3.93. The van der Waals surface area contributed by atoms with Crippen molar-refractivity contribution in [2.75, 3.05) is 33.9 Å². The van der Waals surface area contributed by atoms with Crippen LogP contribution in [-0.4, -0.2) is 62.8 Å². The Kier molecular flexibility index (Phi) is 5.98. The molecule has 0 radical (unpaired) electrons. The number of carbonyl (C=O) groups excluding carboxylic acids is 2. The van der Waals surface area contributed by atoms with Crippen LogP contribution in [0, 0.1) is 0 Å². The molecule has 7 heteroatoms. The van der Waals surface area contributed by atoms with Gasteiger partial charge in [-0.05, 0) is 37.8 Å². The number of likely N-dealkylation sites (tertiary alicyclic amines) is 1. The maximum absolute atomic E-state index is 13.0. The van der Waals surface area contributed by atoms with E-state index in [0.29, 0.717) is 36.8 Å². The molecule has 2 fully saturated rings. The molecule has 2 saturated heterocycles. The average molecular weight is 362 g/mol. The highest BCUT2D eigenvalue weighted by Crippen LogP contribution is 2.30. The molecule has 2 aliphatic rings. The van der Waals surface area contributed by atoms with Gasteiger partial charge in [0.15, 0.2) is 0 Å². The van der Waals surface area contributed by atoms with E-state index in [0.717, 1.165) is 25.7 Å². The van der Waals surface area contributed by atoms with Crippen LogP contribution in [0.2, 0.25) is 0 Å². The molecule has 2 heterocycles. The maximum Gasteiger partial charge on any atom is 0.261 e. The molecule has 0 spiro atoms. The summed E-state index contributed by atoms with van der Waals surface area (Å²) in [7, 11) is 3.08. The van der Waals surface area contributed by atoms with Crippen LogP contribution in [0.3, 0.4) is 0 Å². The van der Waals surface area contributed by atoms with Gasteiger partial charge in [-0.15, -0.1) is 0 Å². The molecule has 0 aliphatic carbocycles. The monoisotopic (exact) mass is 362 g/mol. The van der Waals surface area contributed by atoms with Gasteiger partial charge < -0.3 is 24.4 Å². The molecule has 26 heavy (non-hydrogen) atoms. The number of methoxy groups -OCH3 is 2. The lowest BCUT2D eigenvalue weighted by molar-refractivity contribution is -0.131. The number of piperidine rings is 1. The largest absolute Gasteiger partial charge is 0.496 e. The van der Waals surface area contributed by atoms with Crippen molar-refractivity contribution in [2.45, 2.75) is 37.8 Å². The van der Waals surface area contributed by atoms with Gasteiger partial charge in [0.25, 0.3) is 5.91 Å². The van der Waals surface area contributed by atoms with Crippen LogP contribution in [0.15, 0.2) is 18.2 Å². The number of rotatable bonds is 5. The third-order valence-electron chi connectivity index (χ3n) is 4.99. The second-order valence-electron chi connectivity index (χ2n) is 6.61. The summed E-state index contributed by atoms with van der Waals surface area (Å²) in [5.74, 6) is 0.869. The van der Waals surface area contributed by atoms with Crippen molar-refractivity contribution in [1.29, 1.82) is 0 Å². The molecule has 0 bridgehead atoms. The Hall–Kier alpha value is -2.28. The van der Waals surface area contributed by atoms with Crippen LogP contribution in [0.1, 0.15) is 36.0 Å². The SMILES string of the molecule is COc1cccc(OC)c1C(=O)N1CCC(NC(=O)C2CCCO2)CC1. The number of nitrogens with one attached hydrogen (secondary N) is 1. The summed E-state index contributed by atoms with van der Waals surface area (Å²) in [5, 5.41) is 3.05. The van der Waals surface area contributed by atoms with Crippen molar-refractivity contribution >= 4 is 11.8 Å². The lowest BCUT2D eigenvalue weighted by atomic mass is 10.0. The summed E-state index contributed by atoms with van der Waals surface area (Å²) >= 11 is 0. The quantitative estimate of drug-likeness (QED) is 0.861. The molecule has 7 nitrogen and oxygen atoms in total. The standard InChI is InChI=1S/C19H26N2O5/c1-24-14-5-3-6-15(25-2)17(14)19(23)21-10-8-13(9-11-21)20-18(22)16-7-4-12-26-16/h3,5-6,13,16H,4,7-12H2,1-2H3,(H,20,22). The topological polar surface area (TPSA) is 77.1 Å². The van der Waals surface area contributed by atoms with Gasteiger partial charge in [-0.25, -0.2) is 0 Å². The van der Waals surface area contributed by atoms with Gasteiger partial charge in [0, 0.05) is 25.7 Å². The Bertz CT molecular complexity index is 627. The van der Waals surface area contributed by atoms with Crippen molar-refractivity contribution in [2.24, 2.45) is 0 Å². The Morgan fingerprint density at radius 3 is 2.31 bits per heavy atom. The number of nitrogens with zero attached hydrogens (tertiary/aromatic N) is 1. The van der Waals surface area contributed by atoms with Gasteiger partial charge in [0.2, 0.25) is 5.91 Å². The first kappa shape index (κ1) is 18.5. The Morgan fingerprint density at radius 1 is 1.12 bits per heavy atom. The average Bonchev–Trinajstić information content (AvgIpc) is 3.22. The van der Waals surface area contributed by atoms with Crippen LogP contribution < -0.4 is 14.8 Å². The molecule has 2 amide bonds. The number of hydrogen-bond acceptors (Lipinski definition) is 5. The van der Waals surface area contributed by atoms with Crippen LogP contribution >= 0.6 is 0 Å². The molecule has 3 rings (SSSR count). The summed E-state index contributed by atoms with van der Waals surface area (Å²) in [5.41, 5.74) is 0.444. The first-order valence-corrected chi connectivity index (χ1v) is 9.06. The summed E-state index contributed by atoms with van der Waals surface area (Å²) < 4.78 is 16.1. The highest BCUT2D eigenvalue weighted by molar-refractivity contribution is 5.99. The number of benzene rings is 1. The molecule has 2 aliphatic heterocycles. The molecule has 1 unspecified atom stereocenters. The molecule has 1 atom stereocenters. The summed E-state index contributed by atoms with van der Waals surface area (Å²) in [6, 6.07) is 5.38. The molecule has 1 aromatic rings. The lowest BCUT2D eigenvalue weighted by Gasteiger charge is -2.33. The zero-order valence-electron chi connectivity index (χ0n) is 15.3. The fourth-order valence-corrected chi connectivity index (χ4v) is 3.53. The normalized spacial score (nSPS) is 20.7. The zero-order valence-corrected chi connectivity index (χ0v) is 15.3. The predicted molar refractivity (Wildman–Crippen MR) is 95.6 cm³/mol. The van der Waals surface area contributed by atoms with E-state index in [-0.39, 0.29) is 24.0 Å². The van der Waals surface area contributed by atoms with Crippen molar-refractivity contribution < 1.29 is 23.8 Å². The molecule has 1 N–H and O–H groups in total. The minimum absolute atomic E-state index is 0.0290. The van der Waals surface area contributed by atoms with E-state index in [1.807, 2.05) is 0 Å². The lowest BCUT2D eigenvalue weighted by Crippen LogP contribution is -2.48. The highest BCUT2D eigenvalue weighted by atomic mass is 16.5. The number of ether oxygens (including phenoxy) is 3. The number of hydrogen-bond donors (Lipinski definition) is 1. The van der Waals surface area contributed by atoms with Crippen LogP contribution in [0.4, 0.5) is 0 Å². The van der Waals surface area contributed by atoms with Gasteiger partial charge in [-0.1, -0.05) is 6.07 Å². The van der Waals surface area contributed by atoms with Gasteiger partial charge in [0.05, 0.1) is 14.2 Å². The summed E-state index contributed by atoms with van der Waals surface area (Å²) in [6.45, 7) is 1.82. The van der Waals surface area contributed by atoms with E-state index >= 15 is 0 Å². The molecule has 142 valence electrons. The maximum atomic E-state index is 13.0. The van der Waals surface area contributed by atoms with E-state index < -0.39 is 0 Å². The summed E-state index contributed by atoms with van der Waals surface area (Å²) in [6.07, 6.45) is 2.86. The van der Waals surface area contributed by atoms with Gasteiger partial charge in [0.1, 0.15) is 23.2 Å². The van der Waals surface area contributed by atoms with Gasteiger partial charge >= 0.3 is 0 Å². The molecule has 0 aromatic heterocycles. The van der Waals surface area contributed by atoms with Crippen LogP contribution in [-0.2, 0) is 9.53 Å². The van der Waals surface area contributed by atoms with E-state index in [9.17, 15) is 9.59 Å². The molecule has 1 aromatic carbocycles. The zero-order chi connectivity index (χ0) is 18.5. The fraction of sp³-hybridized carbons (Fsp3) is 0.579. The summed E-state index contributed by atoms with van der Waals surface area (Å²) in [4.78, 5) is 26.9. The number of carbonyl (C=O) groups is 2. The van der Waals surface area contributed by atoms with Crippen molar-refractivity contribution in [3.8, 4) is 11.5 Å². The number of amides is 2. The second-order valence-corrected chi connectivity index (χ2v) is 6.61. The van der Waals surface area contributed by atoms with Gasteiger partial charge in [-0.3, -0.25) is 9.59 Å². The smallest absolute Gasteiger partial charge is 0.261 e.